The van der Waals surface area contributed by atoms with Gasteiger partial charge in [-0.2, -0.15) is 5.10 Å². The first kappa shape index (κ1) is 10.7. The lowest BCUT2D eigenvalue weighted by Crippen LogP contribution is -1.96. The highest BCUT2D eigenvalue weighted by atomic mass is 15.4. The van der Waals surface area contributed by atoms with Gasteiger partial charge in [-0.05, 0) is 25.8 Å². The third-order valence-electron chi connectivity index (χ3n) is 2.34. The second-order valence-electron chi connectivity index (χ2n) is 3.75. The van der Waals surface area contributed by atoms with Crippen LogP contribution < -0.4 is 0 Å². The fraction of sp³-hybridized carbons (Fsp3) is 0.455. The van der Waals surface area contributed by atoms with Crippen molar-refractivity contribution in [3.05, 3.63) is 23.3 Å². The number of hydrogen-bond donors (Lipinski definition) is 0. The second-order valence-corrected chi connectivity index (χ2v) is 3.75. The highest BCUT2D eigenvalue weighted by Crippen LogP contribution is 2.14. The first-order valence-electron chi connectivity index (χ1n) is 4.75. The van der Waals surface area contributed by atoms with Gasteiger partial charge in [-0.3, -0.25) is 0 Å². The molecule has 1 aromatic rings. The van der Waals surface area contributed by atoms with Crippen molar-refractivity contribution in [3.63, 3.8) is 0 Å². The van der Waals surface area contributed by atoms with Crippen LogP contribution in [0.25, 0.3) is 6.08 Å². The number of nitrogens with zero attached hydrogens (tertiary/aromatic N) is 3. The van der Waals surface area contributed by atoms with E-state index < -0.39 is 0 Å². The topological polar surface area (TPSA) is 30.2 Å². The van der Waals surface area contributed by atoms with Crippen LogP contribution in [0.15, 0.2) is 16.9 Å². The normalized spacial score (nSPS) is 12.2. The van der Waals surface area contributed by atoms with Crippen molar-refractivity contribution in [1.82, 2.24) is 9.66 Å². The van der Waals surface area contributed by atoms with Gasteiger partial charge < -0.3 is 0 Å². The van der Waals surface area contributed by atoms with Gasteiger partial charge in [0.1, 0.15) is 0 Å². The Hall–Kier alpha value is -1.38. The lowest BCUT2D eigenvalue weighted by atomic mass is 10.1. The summed E-state index contributed by atoms with van der Waals surface area (Å²) in [6.07, 6.45) is 3.85. The Kier molecular flexibility index (Phi) is 3.23. The molecule has 0 N–H and O–H groups in total. The fourth-order valence-corrected chi connectivity index (χ4v) is 1.10. The van der Waals surface area contributed by atoms with E-state index >= 15 is 0 Å². The number of rotatable bonds is 3. The summed E-state index contributed by atoms with van der Waals surface area (Å²) in [5.41, 5.74) is 2.29. The Balaban J connectivity index is 3.08. The first-order chi connectivity index (χ1) is 6.56. The number of aryl methyl sites for hydroxylation is 1. The molecule has 1 rings (SSSR count). The molecule has 0 unspecified atom stereocenters. The van der Waals surface area contributed by atoms with Crippen LogP contribution in [0.4, 0.5) is 0 Å². The van der Waals surface area contributed by atoms with Crippen molar-refractivity contribution in [2.45, 2.75) is 27.7 Å². The molecule has 0 saturated carbocycles. The third-order valence-corrected chi connectivity index (χ3v) is 2.34. The van der Waals surface area contributed by atoms with Gasteiger partial charge in [0.15, 0.2) is 5.82 Å². The summed E-state index contributed by atoms with van der Waals surface area (Å²) in [5, 5.41) is 3.90. The van der Waals surface area contributed by atoms with Crippen LogP contribution >= 0.6 is 0 Å². The highest BCUT2D eigenvalue weighted by molar-refractivity contribution is 5.46. The van der Waals surface area contributed by atoms with Crippen molar-refractivity contribution in [1.29, 1.82) is 0 Å². The van der Waals surface area contributed by atoms with Crippen molar-refractivity contribution >= 4 is 12.8 Å². The highest BCUT2D eigenvalue weighted by Gasteiger charge is 2.04. The molecular weight excluding hydrogens is 174 g/mol. The van der Waals surface area contributed by atoms with Gasteiger partial charge in [0.25, 0.3) is 0 Å². The number of allylic oxidation sites excluding steroid dienone is 1. The van der Waals surface area contributed by atoms with Gasteiger partial charge >= 0.3 is 0 Å². The van der Waals surface area contributed by atoms with Crippen LogP contribution in [0.3, 0.4) is 0 Å². The van der Waals surface area contributed by atoms with Crippen LogP contribution in [0.1, 0.15) is 32.3 Å². The average molecular weight is 191 g/mol. The predicted octanol–water partition coefficient (Wildman–Crippen LogP) is 2.71. The van der Waals surface area contributed by atoms with Gasteiger partial charge in [0, 0.05) is 6.72 Å². The average Bonchev–Trinajstić information content (AvgIpc) is 2.46. The minimum absolute atomic E-state index is 0.533. The zero-order chi connectivity index (χ0) is 10.7. The monoisotopic (exact) mass is 191 g/mol. The Morgan fingerprint density at radius 3 is 2.79 bits per heavy atom. The molecule has 0 amide bonds. The van der Waals surface area contributed by atoms with Gasteiger partial charge in [0.05, 0.1) is 11.9 Å². The molecule has 0 bridgehead atoms. The molecule has 0 aromatic carbocycles. The Morgan fingerprint density at radius 2 is 2.29 bits per heavy atom. The molecule has 0 aliphatic rings. The molecule has 0 spiro atoms. The molecule has 0 atom stereocenters. The van der Waals surface area contributed by atoms with Crippen LogP contribution in [0, 0.1) is 12.8 Å². The van der Waals surface area contributed by atoms with Crippen molar-refractivity contribution in [3.8, 4) is 0 Å². The molecule has 0 radical (unpaired) electrons. The largest absolute Gasteiger partial charge is 0.235 e. The van der Waals surface area contributed by atoms with Crippen molar-refractivity contribution in [2.75, 3.05) is 0 Å². The summed E-state index contributed by atoms with van der Waals surface area (Å²) in [6, 6.07) is 0. The molecule has 0 aliphatic heterocycles. The minimum Gasteiger partial charge on any atom is -0.235 e. The standard InChI is InChI=1S/C11H17N3/c1-8(2)9(3)6-11-13-7-10(4)14(11)12-5/h6-8H,5H2,1-4H3/b9-6+. The van der Waals surface area contributed by atoms with E-state index in [4.69, 9.17) is 0 Å². The summed E-state index contributed by atoms with van der Waals surface area (Å²) < 4.78 is 1.74. The summed E-state index contributed by atoms with van der Waals surface area (Å²) in [4.78, 5) is 4.26. The number of hydrogen-bond acceptors (Lipinski definition) is 2. The number of imidazole rings is 1. The molecule has 0 aliphatic carbocycles. The number of aromatic nitrogens is 2. The van der Waals surface area contributed by atoms with Crippen LogP contribution in [0.5, 0.6) is 0 Å². The van der Waals surface area contributed by atoms with E-state index in [1.54, 1.807) is 10.9 Å². The molecule has 3 nitrogen and oxygen atoms in total. The molecule has 3 heteroatoms. The van der Waals surface area contributed by atoms with Crippen LogP contribution in [-0.2, 0) is 0 Å². The molecule has 14 heavy (non-hydrogen) atoms. The van der Waals surface area contributed by atoms with E-state index in [9.17, 15) is 0 Å². The molecule has 1 heterocycles. The SMILES string of the molecule is C=Nn1c(C)cnc1/C=C(\C)C(C)C. The Bertz CT molecular complexity index is 359. The quantitative estimate of drug-likeness (QED) is 0.676. The van der Waals surface area contributed by atoms with E-state index in [0.29, 0.717) is 5.92 Å². The summed E-state index contributed by atoms with van der Waals surface area (Å²) >= 11 is 0. The van der Waals surface area contributed by atoms with E-state index in [-0.39, 0.29) is 0 Å². The van der Waals surface area contributed by atoms with E-state index in [1.807, 2.05) is 13.0 Å². The summed E-state index contributed by atoms with van der Waals surface area (Å²) in [6.45, 7) is 11.9. The summed E-state index contributed by atoms with van der Waals surface area (Å²) in [7, 11) is 0. The van der Waals surface area contributed by atoms with E-state index in [0.717, 1.165) is 11.5 Å². The van der Waals surface area contributed by atoms with E-state index in [1.165, 1.54) is 5.57 Å². The van der Waals surface area contributed by atoms with Crippen LogP contribution in [0.2, 0.25) is 0 Å². The maximum atomic E-state index is 4.26. The Labute approximate surface area is 85.2 Å². The van der Waals surface area contributed by atoms with Crippen molar-refractivity contribution < 1.29 is 0 Å². The summed E-state index contributed by atoms with van der Waals surface area (Å²) in [5.74, 6) is 1.38. The zero-order valence-electron chi connectivity index (χ0n) is 9.28. The maximum Gasteiger partial charge on any atom is 0.153 e. The van der Waals surface area contributed by atoms with E-state index in [2.05, 4.69) is 37.6 Å². The van der Waals surface area contributed by atoms with Crippen LogP contribution in [-0.4, -0.2) is 16.4 Å². The third kappa shape index (κ3) is 2.10. The minimum atomic E-state index is 0.533. The fourth-order valence-electron chi connectivity index (χ4n) is 1.10. The molecule has 76 valence electrons. The lowest BCUT2D eigenvalue weighted by molar-refractivity contribution is 0.770. The van der Waals surface area contributed by atoms with Gasteiger partial charge in [-0.25, -0.2) is 9.66 Å². The predicted molar refractivity (Wildman–Crippen MR) is 60.4 cm³/mol. The molecule has 1 aromatic heterocycles. The second kappa shape index (κ2) is 4.22. The first-order valence-corrected chi connectivity index (χ1v) is 4.75. The maximum absolute atomic E-state index is 4.26. The lowest BCUT2D eigenvalue weighted by Gasteiger charge is -2.04. The molecule has 0 saturated heterocycles. The molecule has 0 fully saturated rings. The smallest absolute Gasteiger partial charge is 0.153 e. The molecular formula is C11H17N3. The zero-order valence-corrected chi connectivity index (χ0v) is 9.28. The van der Waals surface area contributed by atoms with Gasteiger partial charge in [-0.15, -0.1) is 0 Å². The Morgan fingerprint density at radius 1 is 1.64 bits per heavy atom. The van der Waals surface area contributed by atoms with Gasteiger partial charge in [-0.1, -0.05) is 19.4 Å². The van der Waals surface area contributed by atoms with Gasteiger partial charge in [0.2, 0.25) is 0 Å². The van der Waals surface area contributed by atoms with Crippen molar-refractivity contribution in [2.24, 2.45) is 11.0 Å².